The summed E-state index contributed by atoms with van der Waals surface area (Å²) in [7, 11) is -2.51. The molecular weight excluding hydrogens is 352 g/mol. The van der Waals surface area contributed by atoms with Crippen LogP contribution >= 0.6 is 0 Å². The van der Waals surface area contributed by atoms with Crippen LogP contribution in [0.3, 0.4) is 0 Å². The van der Waals surface area contributed by atoms with Gasteiger partial charge in [-0.2, -0.15) is 0 Å². The fourth-order valence-corrected chi connectivity index (χ4v) is 10.1. The van der Waals surface area contributed by atoms with Crippen molar-refractivity contribution in [2.75, 3.05) is 6.61 Å². The molecule has 0 bridgehead atoms. The Bertz CT molecular complexity index is 718. The maximum absolute atomic E-state index is 12.1. The van der Waals surface area contributed by atoms with Gasteiger partial charge in [-0.1, -0.05) is 67.6 Å². The van der Waals surface area contributed by atoms with E-state index in [9.17, 15) is 4.79 Å². The van der Waals surface area contributed by atoms with Crippen LogP contribution in [0.15, 0.2) is 60.7 Å². The zero-order valence-corrected chi connectivity index (χ0v) is 17.8. The second-order valence-corrected chi connectivity index (χ2v) is 11.5. The van der Waals surface area contributed by atoms with E-state index in [0.717, 1.165) is 6.42 Å². The molecule has 3 rings (SSSR count). The van der Waals surface area contributed by atoms with Gasteiger partial charge in [-0.05, 0) is 49.0 Å². The van der Waals surface area contributed by atoms with Gasteiger partial charge in [0.2, 0.25) is 0 Å². The van der Waals surface area contributed by atoms with E-state index in [1.54, 1.807) is 0 Å². The summed E-state index contributed by atoms with van der Waals surface area (Å²) in [5, 5.41) is 2.56. The largest absolute Gasteiger partial charge is 0.466 e. The molecule has 3 nitrogen and oxygen atoms in total. The van der Waals surface area contributed by atoms with Crippen LogP contribution in [0.1, 0.15) is 40.5 Å². The summed E-state index contributed by atoms with van der Waals surface area (Å²) in [5.41, 5.74) is 0.0683. The number of carbonyl (C=O) groups excluding carboxylic acids is 1. The van der Waals surface area contributed by atoms with Crippen molar-refractivity contribution in [3.05, 3.63) is 60.7 Å². The van der Waals surface area contributed by atoms with Gasteiger partial charge in [0, 0.05) is 6.42 Å². The molecule has 1 aliphatic rings. The molecule has 0 aliphatic carbocycles. The Hall–Kier alpha value is -1.91. The number of benzene rings is 2. The van der Waals surface area contributed by atoms with Gasteiger partial charge in [0.25, 0.3) is 8.32 Å². The predicted octanol–water partition coefficient (Wildman–Crippen LogP) is 3.90. The van der Waals surface area contributed by atoms with E-state index in [1.165, 1.54) is 10.4 Å². The van der Waals surface area contributed by atoms with Gasteiger partial charge in [0.15, 0.2) is 0 Å². The van der Waals surface area contributed by atoms with E-state index in [-0.39, 0.29) is 11.6 Å². The number of hydrogen-bond donors (Lipinski definition) is 0. The van der Waals surface area contributed by atoms with Crippen LogP contribution in [-0.2, 0) is 14.0 Å². The molecule has 27 heavy (non-hydrogen) atoms. The van der Waals surface area contributed by atoms with Gasteiger partial charge >= 0.3 is 5.97 Å². The number of rotatable bonds is 6. The number of hydrogen-bond acceptors (Lipinski definition) is 3. The van der Waals surface area contributed by atoms with Crippen molar-refractivity contribution < 1.29 is 14.0 Å². The van der Waals surface area contributed by atoms with Crippen molar-refractivity contribution in [2.24, 2.45) is 5.92 Å². The van der Waals surface area contributed by atoms with E-state index in [4.69, 9.17) is 9.16 Å². The molecule has 0 aromatic heterocycles. The molecule has 144 valence electrons. The van der Waals surface area contributed by atoms with Gasteiger partial charge in [0.05, 0.1) is 12.2 Å². The third kappa shape index (κ3) is 3.74. The first-order valence-electron chi connectivity index (χ1n) is 9.88. The van der Waals surface area contributed by atoms with Crippen molar-refractivity contribution in [3.63, 3.8) is 0 Å². The molecule has 2 aromatic rings. The summed E-state index contributed by atoms with van der Waals surface area (Å²) in [5.74, 6) is 0.234. The third-order valence-electron chi connectivity index (χ3n) is 6.02. The summed E-state index contributed by atoms with van der Waals surface area (Å²) in [6, 6.07) is 21.3. The van der Waals surface area contributed by atoms with Gasteiger partial charge in [-0.3, -0.25) is 4.79 Å². The Morgan fingerprint density at radius 2 is 1.56 bits per heavy atom. The minimum absolute atomic E-state index is 0.113. The molecule has 0 amide bonds. The normalized spacial score (nSPS) is 23.1. The zero-order valence-electron chi connectivity index (χ0n) is 16.8. The Balaban J connectivity index is 2.09. The lowest BCUT2D eigenvalue weighted by Gasteiger charge is -2.34. The van der Waals surface area contributed by atoms with Crippen LogP contribution in [0.2, 0.25) is 5.54 Å². The second kappa shape index (κ2) is 7.99. The highest BCUT2D eigenvalue weighted by Crippen LogP contribution is 2.50. The fraction of sp³-hybridized carbons (Fsp3) is 0.435. The van der Waals surface area contributed by atoms with Gasteiger partial charge in [-0.25, -0.2) is 0 Å². The van der Waals surface area contributed by atoms with Crippen LogP contribution in [-0.4, -0.2) is 26.5 Å². The van der Waals surface area contributed by atoms with Crippen molar-refractivity contribution >= 4 is 24.7 Å². The summed E-state index contributed by atoms with van der Waals surface area (Å²) in [4.78, 5) is 12.1. The lowest BCUT2D eigenvalue weighted by atomic mass is 9.88. The summed E-state index contributed by atoms with van der Waals surface area (Å²) < 4.78 is 12.2. The lowest BCUT2D eigenvalue weighted by Crippen LogP contribution is -2.62. The minimum atomic E-state index is -2.51. The summed E-state index contributed by atoms with van der Waals surface area (Å²) >= 11 is 0. The topological polar surface area (TPSA) is 35.5 Å². The van der Waals surface area contributed by atoms with E-state index in [0.29, 0.717) is 24.5 Å². The Labute approximate surface area is 163 Å². The highest BCUT2D eigenvalue weighted by molar-refractivity contribution is 6.99. The van der Waals surface area contributed by atoms with Gasteiger partial charge in [-0.15, -0.1) is 0 Å². The number of esters is 1. The SMILES string of the molecule is CCOC(=O)CC[C@@H]1[C@@H](C)C(C)(C)O[Si]1(c1ccccc1)c1ccccc1. The average Bonchev–Trinajstić information content (AvgIpc) is 2.89. The molecule has 2 aromatic carbocycles. The van der Waals surface area contributed by atoms with E-state index >= 15 is 0 Å². The lowest BCUT2D eigenvalue weighted by molar-refractivity contribution is -0.143. The maximum Gasteiger partial charge on any atom is 0.305 e. The molecule has 1 heterocycles. The van der Waals surface area contributed by atoms with Crippen LogP contribution in [0, 0.1) is 5.92 Å². The number of carbonyl (C=O) groups is 1. The van der Waals surface area contributed by atoms with E-state index in [1.807, 2.05) is 19.1 Å². The molecular formula is C23H30O3Si. The maximum atomic E-state index is 12.1. The zero-order chi connectivity index (χ0) is 19.5. The molecule has 1 aliphatic heterocycles. The first kappa shape index (κ1) is 19.8. The van der Waals surface area contributed by atoms with Crippen molar-refractivity contribution in [1.29, 1.82) is 0 Å². The summed E-state index contributed by atoms with van der Waals surface area (Å²) in [6.45, 7) is 8.94. The van der Waals surface area contributed by atoms with Crippen LogP contribution in [0.25, 0.3) is 0 Å². The quantitative estimate of drug-likeness (QED) is 0.561. The molecule has 1 saturated heterocycles. The standard InChI is InChI=1S/C23H30O3Si/c1-5-25-22(24)17-16-21-18(2)23(3,4)26-27(21,19-12-8-6-9-13-19)20-14-10-7-11-15-20/h6-15,18,21H,5,16-17H2,1-4H3/t18-,21-/m1/s1. The Kier molecular flexibility index (Phi) is 5.87. The monoisotopic (exact) mass is 382 g/mol. The minimum Gasteiger partial charge on any atom is -0.466 e. The molecule has 0 spiro atoms. The van der Waals surface area contributed by atoms with Crippen LogP contribution in [0.4, 0.5) is 0 Å². The molecule has 2 atom stereocenters. The first-order chi connectivity index (χ1) is 12.9. The van der Waals surface area contributed by atoms with Crippen molar-refractivity contribution in [1.82, 2.24) is 0 Å². The second-order valence-electron chi connectivity index (χ2n) is 7.91. The molecule has 0 N–H and O–H groups in total. The first-order valence-corrected chi connectivity index (χ1v) is 11.9. The van der Waals surface area contributed by atoms with Gasteiger partial charge in [0.1, 0.15) is 0 Å². The predicted molar refractivity (Wildman–Crippen MR) is 112 cm³/mol. The molecule has 1 fully saturated rings. The highest BCUT2D eigenvalue weighted by Gasteiger charge is 2.60. The van der Waals surface area contributed by atoms with Crippen LogP contribution < -0.4 is 10.4 Å². The fourth-order valence-electron chi connectivity index (χ4n) is 4.46. The molecule has 0 unspecified atom stereocenters. The van der Waals surface area contributed by atoms with E-state index in [2.05, 4.69) is 69.3 Å². The molecule has 0 saturated carbocycles. The molecule has 4 heteroatoms. The Morgan fingerprint density at radius 3 is 2.04 bits per heavy atom. The smallest absolute Gasteiger partial charge is 0.305 e. The third-order valence-corrected chi connectivity index (χ3v) is 11.1. The molecule has 0 radical (unpaired) electrons. The highest BCUT2D eigenvalue weighted by atomic mass is 28.4. The summed E-state index contributed by atoms with van der Waals surface area (Å²) in [6.07, 6.45) is 1.23. The van der Waals surface area contributed by atoms with Crippen molar-refractivity contribution in [2.45, 2.75) is 51.7 Å². The Morgan fingerprint density at radius 1 is 1.04 bits per heavy atom. The van der Waals surface area contributed by atoms with Crippen LogP contribution in [0.5, 0.6) is 0 Å². The number of ether oxygens (including phenoxy) is 1. The van der Waals surface area contributed by atoms with Gasteiger partial charge < -0.3 is 9.16 Å². The van der Waals surface area contributed by atoms with Crippen molar-refractivity contribution in [3.8, 4) is 0 Å². The van der Waals surface area contributed by atoms with E-state index < -0.39 is 8.32 Å². The average molecular weight is 383 g/mol.